The maximum absolute atomic E-state index is 12.7. The third kappa shape index (κ3) is 6.79. The zero-order valence-electron chi connectivity index (χ0n) is 18.6. The molecule has 8 heteroatoms. The summed E-state index contributed by atoms with van der Waals surface area (Å²) in [5, 5.41) is 3.45. The number of hydrogen-bond donors (Lipinski definition) is 1. The molecule has 1 aromatic carbocycles. The average Bonchev–Trinajstić information content (AvgIpc) is 2.89. The molecule has 0 aliphatic carbocycles. The molecular weight excluding hydrogens is 388 g/mol. The molecule has 30 heavy (non-hydrogen) atoms. The van der Waals surface area contributed by atoms with Crippen molar-refractivity contribution in [1.82, 2.24) is 9.88 Å². The molecule has 0 saturated carbocycles. The van der Waals surface area contributed by atoms with Gasteiger partial charge in [0.25, 0.3) is 0 Å². The van der Waals surface area contributed by atoms with Gasteiger partial charge in [0.1, 0.15) is 17.0 Å². The van der Waals surface area contributed by atoms with Crippen LogP contribution in [0.25, 0.3) is 10.9 Å². The van der Waals surface area contributed by atoms with Crippen LogP contribution in [0.4, 0.5) is 9.59 Å². The lowest BCUT2D eigenvalue weighted by molar-refractivity contribution is -0.118. The van der Waals surface area contributed by atoms with Crippen molar-refractivity contribution in [2.24, 2.45) is 0 Å². The molecule has 1 heterocycles. The van der Waals surface area contributed by atoms with Crippen LogP contribution in [-0.2, 0) is 20.7 Å². The number of carbonyl (C=O) groups excluding carboxylic acids is 3. The zero-order chi connectivity index (χ0) is 22.7. The summed E-state index contributed by atoms with van der Waals surface area (Å²) >= 11 is 0. The molecule has 1 aromatic heterocycles. The molecule has 0 unspecified atom stereocenters. The molecule has 1 amide bonds. The standard InChI is InChI=1S/C22H30N2O6/c1-14(25)23-11-10-15-13-24(19(26)29-21(2,3)4)18-9-8-16(12-17(15)18)28-20(27)30-22(5,6)7/h8-9,12-13H,10-11H2,1-7H3,(H,23,25). The Morgan fingerprint density at radius 3 is 2.20 bits per heavy atom. The Morgan fingerprint density at radius 2 is 1.63 bits per heavy atom. The summed E-state index contributed by atoms with van der Waals surface area (Å²) in [6.07, 6.45) is 0.840. The molecule has 0 bridgehead atoms. The Kier molecular flexibility index (Phi) is 6.80. The Balaban J connectivity index is 2.38. The van der Waals surface area contributed by atoms with E-state index in [1.807, 2.05) is 0 Å². The highest BCUT2D eigenvalue weighted by Gasteiger charge is 2.22. The fourth-order valence-electron chi connectivity index (χ4n) is 2.74. The summed E-state index contributed by atoms with van der Waals surface area (Å²) in [7, 11) is 0. The van der Waals surface area contributed by atoms with Crippen LogP contribution in [0.3, 0.4) is 0 Å². The SMILES string of the molecule is CC(=O)NCCc1cn(C(=O)OC(C)(C)C)c2ccc(OC(=O)OC(C)(C)C)cc12. The molecule has 0 spiro atoms. The lowest BCUT2D eigenvalue weighted by atomic mass is 10.1. The van der Waals surface area contributed by atoms with E-state index in [9.17, 15) is 14.4 Å². The van der Waals surface area contributed by atoms with Crippen LogP contribution in [0.15, 0.2) is 24.4 Å². The van der Waals surface area contributed by atoms with Crippen molar-refractivity contribution in [2.45, 2.75) is 66.1 Å². The van der Waals surface area contributed by atoms with Gasteiger partial charge in [-0.05, 0) is 71.7 Å². The van der Waals surface area contributed by atoms with Gasteiger partial charge in [-0.3, -0.25) is 9.36 Å². The van der Waals surface area contributed by atoms with Crippen LogP contribution >= 0.6 is 0 Å². The van der Waals surface area contributed by atoms with Gasteiger partial charge in [0.2, 0.25) is 5.91 Å². The predicted octanol–water partition coefficient (Wildman–Crippen LogP) is 4.42. The highest BCUT2D eigenvalue weighted by molar-refractivity contribution is 5.93. The van der Waals surface area contributed by atoms with E-state index in [0.29, 0.717) is 29.6 Å². The molecule has 8 nitrogen and oxygen atoms in total. The highest BCUT2D eigenvalue weighted by atomic mass is 16.7. The lowest BCUT2D eigenvalue weighted by Crippen LogP contribution is -2.26. The second kappa shape index (κ2) is 8.77. The van der Waals surface area contributed by atoms with Crippen molar-refractivity contribution in [3.63, 3.8) is 0 Å². The first-order chi connectivity index (χ1) is 13.7. The minimum Gasteiger partial charge on any atom is -0.443 e. The normalized spacial score (nSPS) is 11.8. The zero-order valence-corrected chi connectivity index (χ0v) is 18.6. The number of ether oxygens (including phenoxy) is 3. The summed E-state index contributed by atoms with van der Waals surface area (Å²) in [5.41, 5.74) is 0.0898. The maximum atomic E-state index is 12.7. The minimum absolute atomic E-state index is 0.139. The first-order valence-electron chi connectivity index (χ1n) is 9.78. The third-order valence-electron chi connectivity index (χ3n) is 3.81. The highest BCUT2D eigenvalue weighted by Crippen LogP contribution is 2.28. The molecule has 2 rings (SSSR count). The smallest absolute Gasteiger partial charge is 0.443 e. The topological polar surface area (TPSA) is 95.9 Å². The van der Waals surface area contributed by atoms with Gasteiger partial charge >= 0.3 is 12.2 Å². The van der Waals surface area contributed by atoms with E-state index >= 15 is 0 Å². The Labute approximate surface area is 176 Å². The van der Waals surface area contributed by atoms with Crippen LogP contribution in [0.1, 0.15) is 54.0 Å². The number of nitrogens with zero attached hydrogens (tertiary/aromatic N) is 1. The minimum atomic E-state index is -0.812. The summed E-state index contributed by atoms with van der Waals surface area (Å²) in [4.78, 5) is 35.8. The first-order valence-corrected chi connectivity index (χ1v) is 9.78. The molecule has 0 aliphatic rings. The third-order valence-corrected chi connectivity index (χ3v) is 3.81. The van der Waals surface area contributed by atoms with Gasteiger partial charge < -0.3 is 19.5 Å². The summed E-state index contributed by atoms with van der Waals surface area (Å²) in [6, 6.07) is 4.94. The predicted molar refractivity (Wildman–Crippen MR) is 113 cm³/mol. The maximum Gasteiger partial charge on any atom is 0.514 e. The number of nitrogens with one attached hydrogen (secondary N) is 1. The Bertz CT molecular complexity index is 947. The number of amides is 1. The van der Waals surface area contributed by atoms with E-state index < -0.39 is 23.5 Å². The summed E-state index contributed by atoms with van der Waals surface area (Å²) in [6.45, 7) is 12.5. The van der Waals surface area contributed by atoms with Crippen molar-refractivity contribution >= 4 is 29.1 Å². The van der Waals surface area contributed by atoms with E-state index in [1.54, 1.807) is 65.9 Å². The number of benzene rings is 1. The number of fused-ring (bicyclic) bond motifs is 1. The van der Waals surface area contributed by atoms with Gasteiger partial charge in [0.05, 0.1) is 5.52 Å². The van der Waals surface area contributed by atoms with Crippen molar-refractivity contribution in [2.75, 3.05) is 6.54 Å². The quantitative estimate of drug-likeness (QED) is 0.583. The van der Waals surface area contributed by atoms with Crippen molar-refractivity contribution in [3.8, 4) is 5.75 Å². The van der Waals surface area contributed by atoms with Gasteiger partial charge in [-0.1, -0.05) is 0 Å². The van der Waals surface area contributed by atoms with Crippen molar-refractivity contribution < 1.29 is 28.6 Å². The van der Waals surface area contributed by atoms with E-state index in [-0.39, 0.29) is 5.91 Å². The van der Waals surface area contributed by atoms with Crippen LogP contribution in [-0.4, -0.2) is 40.5 Å². The van der Waals surface area contributed by atoms with E-state index in [0.717, 1.165) is 5.56 Å². The Hall–Kier alpha value is -3.03. The average molecular weight is 418 g/mol. The van der Waals surface area contributed by atoms with Crippen molar-refractivity contribution in [3.05, 3.63) is 30.0 Å². The number of carbonyl (C=O) groups is 3. The van der Waals surface area contributed by atoms with Crippen LogP contribution in [0.2, 0.25) is 0 Å². The van der Waals surface area contributed by atoms with Crippen LogP contribution in [0.5, 0.6) is 5.75 Å². The molecule has 1 N–H and O–H groups in total. The van der Waals surface area contributed by atoms with E-state index in [1.165, 1.54) is 11.5 Å². The molecule has 0 aliphatic heterocycles. The first kappa shape index (κ1) is 23.3. The fraction of sp³-hybridized carbons (Fsp3) is 0.500. The molecule has 2 aromatic rings. The van der Waals surface area contributed by atoms with Crippen molar-refractivity contribution in [1.29, 1.82) is 0 Å². The number of rotatable bonds is 4. The van der Waals surface area contributed by atoms with Crippen LogP contribution < -0.4 is 10.1 Å². The monoisotopic (exact) mass is 418 g/mol. The Morgan fingerprint density at radius 1 is 1.00 bits per heavy atom. The van der Waals surface area contributed by atoms with E-state index in [4.69, 9.17) is 14.2 Å². The van der Waals surface area contributed by atoms with Gasteiger partial charge in [-0.15, -0.1) is 0 Å². The fourth-order valence-corrected chi connectivity index (χ4v) is 2.74. The second-order valence-electron chi connectivity index (χ2n) is 8.98. The largest absolute Gasteiger partial charge is 0.514 e. The molecule has 0 saturated heterocycles. The van der Waals surface area contributed by atoms with Gasteiger partial charge in [0.15, 0.2) is 0 Å². The molecule has 0 fully saturated rings. The summed E-state index contributed by atoms with van der Waals surface area (Å²) in [5.74, 6) is 0.152. The summed E-state index contributed by atoms with van der Waals surface area (Å²) < 4.78 is 17.4. The lowest BCUT2D eigenvalue weighted by Gasteiger charge is -2.20. The van der Waals surface area contributed by atoms with Gasteiger partial charge in [-0.25, -0.2) is 9.59 Å². The van der Waals surface area contributed by atoms with E-state index in [2.05, 4.69) is 5.32 Å². The number of aromatic nitrogens is 1. The molecular formula is C22H30N2O6. The molecule has 0 radical (unpaired) electrons. The van der Waals surface area contributed by atoms with Crippen LogP contribution in [0, 0.1) is 0 Å². The second-order valence-corrected chi connectivity index (χ2v) is 8.98. The van der Waals surface area contributed by atoms with Gasteiger partial charge in [0, 0.05) is 25.1 Å². The number of hydrogen-bond acceptors (Lipinski definition) is 6. The van der Waals surface area contributed by atoms with Gasteiger partial charge in [-0.2, -0.15) is 0 Å². The molecule has 0 atom stereocenters. The molecule has 164 valence electrons.